The lowest BCUT2D eigenvalue weighted by Gasteiger charge is -2.26. The van der Waals surface area contributed by atoms with Crippen molar-refractivity contribution in [3.8, 4) is 0 Å². The van der Waals surface area contributed by atoms with Crippen LogP contribution in [-0.4, -0.2) is 56.1 Å². The van der Waals surface area contributed by atoms with Gasteiger partial charge in [0.2, 0.25) is 10.0 Å². The van der Waals surface area contributed by atoms with E-state index in [9.17, 15) is 23.3 Å². The zero-order valence-electron chi connectivity index (χ0n) is 15.2. The maximum atomic E-state index is 12.7. The number of hydrogen-bond donors (Lipinski definition) is 1. The summed E-state index contributed by atoms with van der Waals surface area (Å²) < 4.78 is 31.9. The zero-order valence-corrected chi connectivity index (χ0v) is 16.0. The number of hydrogen-bond acceptors (Lipinski definition) is 7. The quantitative estimate of drug-likeness (QED) is 0.428. The van der Waals surface area contributed by atoms with Crippen molar-refractivity contribution in [1.82, 2.24) is 9.73 Å². The number of sulfonamides is 1. The number of morpholine rings is 1. The van der Waals surface area contributed by atoms with Gasteiger partial charge in [0, 0.05) is 24.7 Å². The van der Waals surface area contributed by atoms with Gasteiger partial charge in [-0.05, 0) is 24.3 Å². The fourth-order valence-corrected chi connectivity index (χ4v) is 4.18. The van der Waals surface area contributed by atoms with Crippen molar-refractivity contribution in [1.29, 1.82) is 0 Å². The highest BCUT2D eigenvalue weighted by atomic mass is 32.2. The number of nitrogens with one attached hydrogen (secondary N) is 1. The second kappa shape index (κ2) is 8.90. The molecular weight excluding hydrogens is 400 g/mol. The summed E-state index contributed by atoms with van der Waals surface area (Å²) in [6, 6.07) is 11.5. The van der Waals surface area contributed by atoms with E-state index >= 15 is 0 Å². The molecule has 1 fully saturated rings. The lowest BCUT2D eigenvalue weighted by molar-refractivity contribution is -0.385. The van der Waals surface area contributed by atoms with E-state index in [4.69, 9.17) is 4.74 Å². The van der Waals surface area contributed by atoms with Gasteiger partial charge in [0.05, 0.1) is 34.8 Å². The van der Waals surface area contributed by atoms with Crippen LogP contribution in [0.25, 0.3) is 0 Å². The predicted octanol–water partition coefficient (Wildman–Crippen LogP) is 1.38. The Balaban J connectivity index is 1.74. The molecule has 1 heterocycles. The minimum absolute atomic E-state index is 0.00488. The Morgan fingerprint density at radius 1 is 1.17 bits per heavy atom. The molecule has 1 N–H and O–H groups in total. The highest BCUT2D eigenvalue weighted by Gasteiger charge is 2.26. The van der Waals surface area contributed by atoms with E-state index in [1.54, 1.807) is 6.07 Å². The molecule has 2 aromatic rings. The van der Waals surface area contributed by atoms with Gasteiger partial charge in [0.25, 0.3) is 11.6 Å². The van der Waals surface area contributed by atoms with Crippen LogP contribution in [0.2, 0.25) is 0 Å². The van der Waals surface area contributed by atoms with E-state index in [0.717, 1.165) is 6.21 Å². The summed E-state index contributed by atoms with van der Waals surface area (Å²) in [5, 5.41) is 14.7. The number of rotatable bonds is 6. The molecule has 0 aromatic heterocycles. The SMILES string of the molecule is O=C(N/N=C/c1ccccc1[N+](=O)[O-])c1cccc(S(=O)(=O)N2CCOCC2)c1. The van der Waals surface area contributed by atoms with Gasteiger partial charge in [-0.25, -0.2) is 13.8 Å². The van der Waals surface area contributed by atoms with Gasteiger partial charge in [0.15, 0.2) is 0 Å². The molecule has 11 heteroatoms. The molecule has 152 valence electrons. The van der Waals surface area contributed by atoms with Gasteiger partial charge in [-0.2, -0.15) is 9.41 Å². The van der Waals surface area contributed by atoms with Crippen LogP contribution < -0.4 is 5.43 Å². The van der Waals surface area contributed by atoms with Crippen molar-refractivity contribution in [2.24, 2.45) is 5.10 Å². The Bertz CT molecular complexity index is 1050. The summed E-state index contributed by atoms with van der Waals surface area (Å²) in [4.78, 5) is 22.8. The smallest absolute Gasteiger partial charge is 0.278 e. The molecule has 2 aromatic carbocycles. The zero-order chi connectivity index (χ0) is 20.9. The first-order valence-electron chi connectivity index (χ1n) is 8.64. The van der Waals surface area contributed by atoms with Gasteiger partial charge in [-0.1, -0.05) is 18.2 Å². The molecule has 3 rings (SSSR count). The van der Waals surface area contributed by atoms with Crippen molar-refractivity contribution < 1.29 is 22.9 Å². The van der Waals surface area contributed by atoms with E-state index in [1.807, 2.05) is 0 Å². The molecule has 0 bridgehead atoms. The molecule has 0 aliphatic carbocycles. The highest BCUT2D eigenvalue weighted by Crippen LogP contribution is 2.18. The van der Waals surface area contributed by atoms with E-state index in [1.165, 1.54) is 46.8 Å². The maximum absolute atomic E-state index is 12.7. The molecule has 1 saturated heterocycles. The van der Waals surface area contributed by atoms with E-state index in [2.05, 4.69) is 10.5 Å². The highest BCUT2D eigenvalue weighted by molar-refractivity contribution is 7.89. The molecule has 0 saturated carbocycles. The Morgan fingerprint density at radius 3 is 2.62 bits per heavy atom. The summed E-state index contributed by atoms with van der Waals surface area (Å²) in [5.74, 6) is -0.640. The molecule has 0 spiro atoms. The van der Waals surface area contributed by atoms with Gasteiger partial charge in [-0.3, -0.25) is 14.9 Å². The third-order valence-corrected chi connectivity index (χ3v) is 6.10. The average molecular weight is 418 g/mol. The minimum Gasteiger partial charge on any atom is -0.379 e. The van der Waals surface area contributed by atoms with Gasteiger partial charge in [-0.15, -0.1) is 0 Å². The van der Waals surface area contributed by atoms with Crippen LogP contribution in [0.3, 0.4) is 0 Å². The van der Waals surface area contributed by atoms with Crippen molar-refractivity contribution in [3.05, 3.63) is 69.8 Å². The molecular formula is C18H18N4O6S. The molecule has 10 nitrogen and oxygen atoms in total. The van der Waals surface area contributed by atoms with Crippen molar-refractivity contribution >= 4 is 27.8 Å². The first-order chi connectivity index (χ1) is 13.9. The lowest BCUT2D eigenvalue weighted by Crippen LogP contribution is -2.40. The Labute approximate surface area is 167 Å². The number of nitrogens with zero attached hydrogens (tertiary/aromatic N) is 3. The van der Waals surface area contributed by atoms with Crippen LogP contribution in [0.5, 0.6) is 0 Å². The largest absolute Gasteiger partial charge is 0.379 e. The van der Waals surface area contributed by atoms with Crippen LogP contribution in [0.1, 0.15) is 15.9 Å². The molecule has 29 heavy (non-hydrogen) atoms. The third-order valence-electron chi connectivity index (χ3n) is 4.21. The van der Waals surface area contributed by atoms with Crippen molar-refractivity contribution in [3.63, 3.8) is 0 Å². The predicted molar refractivity (Wildman–Crippen MR) is 104 cm³/mol. The number of nitro benzene ring substituents is 1. The average Bonchev–Trinajstić information content (AvgIpc) is 2.74. The number of carbonyl (C=O) groups is 1. The molecule has 0 atom stereocenters. The number of ether oxygens (including phenoxy) is 1. The Morgan fingerprint density at radius 2 is 1.90 bits per heavy atom. The number of para-hydroxylation sites is 1. The van der Waals surface area contributed by atoms with Crippen LogP contribution in [0.4, 0.5) is 5.69 Å². The molecule has 1 aliphatic rings. The molecule has 0 radical (unpaired) electrons. The standard InChI is InChI=1S/C18H18N4O6S/c23-18(20-19-13-15-4-1-2-7-17(15)22(24)25)14-5-3-6-16(12-14)29(26,27)21-8-10-28-11-9-21/h1-7,12-13H,8-11H2,(H,20,23)/b19-13+. The topological polar surface area (TPSA) is 131 Å². The van der Waals surface area contributed by atoms with Gasteiger partial charge >= 0.3 is 0 Å². The minimum atomic E-state index is -3.74. The third kappa shape index (κ3) is 4.83. The van der Waals surface area contributed by atoms with Crippen LogP contribution >= 0.6 is 0 Å². The second-order valence-corrected chi connectivity index (χ2v) is 8.00. The van der Waals surface area contributed by atoms with Crippen LogP contribution in [0, 0.1) is 10.1 Å². The number of amides is 1. The van der Waals surface area contributed by atoms with Crippen molar-refractivity contribution in [2.75, 3.05) is 26.3 Å². The summed E-state index contributed by atoms with van der Waals surface area (Å²) in [5.41, 5.74) is 2.42. The number of nitro groups is 1. The van der Waals surface area contributed by atoms with E-state index in [0.29, 0.717) is 13.2 Å². The first-order valence-corrected chi connectivity index (χ1v) is 10.1. The first kappa shape index (κ1) is 20.6. The Hall–Kier alpha value is -3.15. The van der Waals surface area contributed by atoms with Crippen molar-refractivity contribution in [2.45, 2.75) is 4.90 Å². The summed E-state index contributed by atoms with van der Waals surface area (Å²) in [7, 11) is -3.74. The number of hydrazone groups is 1. The molecule has 1 amide bonds. The second-order valence-electron chi connectivity index (χ2n) is 6.06. The maximum Gasteiger partial charge on any atom is 0.278 e. The number of benzene rings is 2. The molecule has 0 unspecified atom stereocenters. The van der Waals surface area contributed by atoms with Crippen LogP contribution in [-0.2, 0) is 14.8 Å². The fraction of sp³-hybridized carbons (Fsp3) is 0.222. The van der Waals surface area contributed by atoms with Gasteiger partial charge in [0.1, 0.15) is 0 Å². The summed E-state index contributed by atoms with van der Waals surface area (Å²) >= 11 is 0. The normalized spacial score (nSPS) is 15.3. The molecule has 1 aliphatic heterocycles. The van der Waals surface area contributed by atoms with E-state index in [-0.39, 0.29) is 34.8 Å². The Kier molecular flexibility index (Phi) is 6.32. The fourth-order valence-electron chi connectivity index (χ4n) is 2.72. The summed E-state index contributed by atoms with van der Waals surface area (Å²) in [6.07, 6.45) is 1.16. The monoisotopic (exact) mass is 418 g/mol. The lowest BCUT2D eigenvalue weighted by atomic mass is 10.2. The van der Waals surface area contributed by atoms with E-state index < -0.39 is 20.9 Å². The summed E-state index contributed by atoms with van der Waals surface area (Å²) in [6.45, 7) is 1.14. The number of carbonyl (C=O) groups excluding carboxylic acids is 1. The van der Waals surface area contributed by atoms with Gasteiger partial charge < -0.3 is 4.74 Å². The van der Waals surface area contributed by atoms with Crippen LogP contribution in [0.15, 0.2) is 58.5 Å².